The molecule has 3 heterocycles. The Labute approximate surface area is 173 Å². The summed E-state index contributed by atoms with van der Waals surface area (Å²) in [7, 11) is 0. The number of fused-ring (bicyclic) bond motifs is 1. The zero-order valence-corrected chi connectivity index (χ0v) is 17.4. The van der Waals surface area contributed by atoms with Gasteiger partial charge in [-0.1, -0.05) is 19.3 Å². The molecule has 2 saturated carbocycles. The van der Waals surface area contributed by atoms with Crippen LogP contribution in [-0.4, -0.2) is 64.7 Å². The lowest BCUT2D eigenvalue weighted by molar-refractivity contribution is -0.132. The predicted octanol–water partition coefficient (Wildman–Crippen LogP) is 3.22. The van der Waals surface area contributed by atoms with Crippen molar-refractivity contribution in [3.63, 3.8) is 0 Å². The van der Waals surface area contributed by atoms with Crippen molar-refractivity contribution in [1.29, 1.82) is 0 Å². The van der Waals surface area contributed by atoms with Crippen molar-refractivity contribution in [2.45, 2.75) is 76.4 Å². The summed E-state index contributed by atoms with van der Waals surface area (Å²) >= 11 is 0. The third kappa shape index (κ3) is 4.32. The molecule has 1 N–H and O–H groups in total. The first-order chi connectivity index (χ1) is 14.3. The maximum atomic E-state index is 12.8. The van der Waals surface area contributed by atoms with E-state index in [0.717, 1.165) is 56.7 Å². The van der Waals surface area contributed by atoms with Gasteiger partial charge in [-0.05, 0) is 43.7 Å². The first kappa shape index (κ1) is 19.0. The number of hydrogen-bond donors (Lipinski definition) is 1. The van der Waals surface area contributed by atoms with Crippen LogP contribution in [0, 0.1) is 0 Å². The Balaban J connectivity index is 1.18. The molecule has 0 aromatic carbocycles. The summed E-state index contributed by atoms with van der Waals surface area (Å²) in [5.74, 6) is 1.26. The normalized spacial score (nSPS) is 23.0. The molecule has 2 aliphatic heterocycles. The minimum Gasteiger partial charge on any atom is -0.367 e. The highest BCUT2D eigenvalue weighted by molar-refractivity contribution is 6.08. The van der Waals surface area contributed by atoms with Crippen LogP contribution in [-0.2, 0) is 11.3 Å². The SMILES string of the molecule is O=C(CCC1=NCc2ccnc(NC3CCCCC3)c21)N1CCN(C2CC2)CC1. The first-order valence-corrected chi connectivity index (χ1v) is 11.6. The van der Waals surface area contributed by atoms with Crippen LogP contribution in [0.5, 0.6) is 0 Å². The summed E-state index contributed by atoms with van der Waals surface area (Å²) in [6.45, 7) is 4.57. The number of carbonyl (C=O) groups excluding carboxylic acids is 1. The topological polar surface area (TPSA) is 60.8 Å². The highest BCUT2D eigenvalue weighted by Gasteiger charge is 2.32. The van der Waals surface area contributed by atoms with Gasteiger partial charge in [-0.2, -0.15) is 0 Å². The van der Waals surface area contributed by atoms with E-state index < -0.39 is 0 Å². The summed E-state index contributed by atoms with van der Waals surface area (Å²) in [5, 5.41) is 3.69. The van der Waals surface area contributed by atoms with Gasteiger partial charge in [-0.15, -0.1) is 0 Å². The Kier molecular flexibility index (Phi) is 5.53. The number of piperazine rings is 1. The second-order valence-corrected chi connectivity index (χ2v) is 9.08. The number of aromatic nitrogens is 1. The molecule has 2 aliphatic carbocycles. The average molecular weight is 396 g/mol. The molecular formula is C23H33N5O. The Morgan fingerprint density at radius 3 is 2.62 bits per heavy atom. The van der Waals surface area contributed by atoms with Gasteiger partial charge in [-0.25, -0.2) is 4.98 Å². The van der Waals surface area contributed by atoms with E-state index in [4.69, 9.17) is 4.99 Å². The largest absolute Gasteiger partial charge is 0.367 e. The molecule has 6 heteroatoms. The molecule has 156 valence electrons. The van der Waals surface area contributed by atoms with Gasteiger partial charge in [-0.3, -0.25) is 14.7 Å². The number of aliphatic imine (C=N–C) groups is 1. The second kappa shape index (κ2) is 8.42. The highest BCUT2D eigenvalue weighted by atomic mass is 16.2. The summed E-state index contributed by atoms with van der Waals surface area (Å²) in [6, 6.07) is 3.41. The lowest BCUT2D eigenvalue weighted by Gasteiger charge is -2.35. The number of anilines is 1. The molecule has 0 bridgehead atoms. The number of amides is 1. The van der Waals surface area contributed by atoms with Crippen molar-refractivity contribution >= 4 is 17.4 Å². The lowest BCUT2D eigenvalue weighted by Crippen LogP contribution is -2.49. The number of nitrogens with zero attached hydrogens (tertiary/aromatic N) is 4. The van der Waals surface area contributed by atoms with E-state index >= 15 is 0 Å². The van der Waals surface area contributed by atoms with Crippen LogP contribution in [0.25, 0.3) is 0 Å². The molecule has 29 heavy (non-hydrogen) atoms. The summed E-state index contributed by atoms with van der Waals surface area (Å²) in [4.78, 5) is 26.8. The second-order valence-electron chi connectivity index (χ2n) is 9.08. The van der Waals surface area contributed by atoms with Gasteiger partial charge < -0.3 is 10.2 Å². The number of carbonyl (C=O) groups is 1. The molecule has 3 fully saturated rings. The van der Waals surface area contributed by atoms with Crippen LogP contribution in [0.4, 0.5) is 5.82 Å². The molecule has 1 amide bonds. The monoisotopic (exact) mass is 395 g/mol. The molecule has 6 nitrogen and oxygen atoms in total. The minimum absolute atomic E-state index is 0.280. The maximum absolute atomic E-state index is 12.8. The van der Waals surface area contributed by atoms with Crippen molar-refractivity contribution < 1.29 is 4.79 Å². The van der Waals surface area contributed by atoms with Crippen LogP contribution in [0.3, 0.4) is 0 Å². The van der Waals surface area contributed by atoms with Crippen LogP contribution in [0.2, 0.25) is 0 Å². The van der Waals surface area contributed by atoms with Crippen molar-refractivity contribution in [2.24, 2.45) is 4.99 Å². The summed E-state index contributed by atoms with van der Waals surface area (Å²) in [6.07, 6.45) is 12.3. The number of rotatable bonds is 6. The van der Waals surface area contributed by atoms with E-state index in [2.05, 4.69) is 26.2 Å². The zero-order chi connectivity index (χ0) is 19.6. The van der Waals surface area contributed by atoms with E-state index in [0.29, 0.717) is 12.5 Å². The molecule has 0 unspecified atom stereocenters. The third-order valence-corrected chi connectivity index (χ3v) is 7.02. The van der Waals surface area contributed by atoms with Gasteiger partial charge in [0.15, 0.2) is 0 Å². The van der Waals surface area contributed by atoms with Crippen molar-refractivity contribution in [2.75, 3.05) is 31.5 Å². The molecule has 1 aromatic rings. The summed E-state index contributed by atoms with van der Waals surface area (Å²) < 4.78 is 0. The van der Waals surface area contributed by atoms with Crippen LogP contribution >= 0.6 is 0 Å². The van der Waals surface area contributed by atoms with E-state index in [1.54, 1.807) is 0 Å². The van der Waals surface area contributed by atoms with Crippen molar-refractivity contribution in [3.05, 3.63) is 23.4 Å². The van der Waals surface area contributed by atoms with E-state index in [9.17, 15) is 4.79 Å². The zero-order valence-electron chi connectivity index (χ0n) is 17.4. The molecule has 0 spiro atoms. The number of pyridine rings is 1. The lowest BCUT2D eigenvalue weighted by atomic mass is 9.95. The first-order valence-electron chi connectivity index (χ1n) is 11.6. The van der Waals surface area contributed by atoms with E-state index in [1.165, 1.54) is 56.1 Å². The summed E-state index contributed by atoms with van der Waals surface area (Å²) in [5.41, 5.74) is 3.49. The minimum atomic E-state index is 0.280. The van der Waals surface area contributed by atoms with Crippen LogP contribution in [0.15, 0.2) is 17.3 Å². The standard InChI is InChI=1S/C23H33N5O/c29-21(28-14-12-27(13-15-28)19-6-7-19)9-8-20-22-17(16-25-20)10-11-24-23(22)26-18-4-2-1-3-5-18/h10-11,18-19H,1-9,12-16H2,(H,24,26). The van der Waals surface area contributed by atoms with Gasteiger partial charge in [0.25, 0.3) is 0 Å². The molecule has 5 rings (SSSR count). The Bertz CT molecular complexity index is 773. The fourth-order valence-corrected chi connectivity index (χ4v) is 5.13. The Hall–Kier alpha value is -1.95. The van der Waals surface area contributed by atoms with Crippen molar-refractivity contribution in [1.82, 2.24) is 14.8 Å². The fraction of sp³-hybridized carbons (Fsp3) is 0.696. The molecule has 0 radical (unpaired) electrons. The van der Waals surface area contributed by atoms with Crippen molar-refractivity contribution in [3.8, 4) is 0 Å². The fourth-order valence-electron chi connectivity index (χ4n) is 5.13. The smallest absolute Gasteiger partial charge is 0.223 e. The number of nitrogens with one attached hydrogen (secondary N) is 1. The molecule has 0 atom stereocenters. The molecule has 4 aliphatic rings. The molecule has 1 aromatic heterocycles. The van der Waals surface area contributed by atoms with E-state index in [-0.39, 0.29) is 5.91 Å². The van der Waals surface area contributed by atoms with Gasteiger partial charge in [0, 0.05) is 62.2 Å². The quantitative estimate of drug-likeness (QED) is 0.803. The van der Waals surface area contributed by atoms with Crippen LogP contribution in [0.1, 0.15) is 68.9 Å². The number of hydrogen-bond acceptors (Lipinski definition) is 5. The van der Waals surface area contributed by atoms with Gasteiger partial charge in [0.1, 0.15) is 5.82 Å². The molecule has 1 saturated heterocycles. The molecular weight excluding hydrogens is 362 g/mol. The maximum Gasteiger partial charge on any atom is 0.223 e. The van der Waals surface area contributed by atoms with Gasteiger partial charge in [0.2, 0.25) is 5.91 Å². The Morgan fingerprint density at radius 2 is 1.86 bits per heavy atom. The Morgan fingerprint density at radius 1 is 1.07 bits per heavy atom. The van der Waals surface area contributed by atoms with Gasteiger partial charge >= 0.3 is 0 Å². The van der Waals surface area contributed by atoms with E-state index in [1.807, 2.05) is 6.20 Å². The third-order valence-electron chi connectivity index (χ3n) is 7.02. The predicted molar refractivity (Wildman–Crippen MR) is 115 cm³/mol. The van der Waals surface area contributed by atoms with Crippen LogP contribution < -0.4 is 5.32 Å². The van der Waals surface area contributed by atoms with Gasteiger partial charge in [0.05, 0.1) is 6.54 Å². The highest BCUT2D eigenvalue weighted by Crippen LogP contribution is 2.30. The average Bonchev–Trinajstić information content (AvgIpc) is 3.53.